The molecule has 1 atom stereocenters. The van der Waals surface area contributed by atoms with Crippen LogP contribution in [0, 0.1) is 0 Å². The highest BCUT2D eigenvalue weighted by Gasteiger charge is 2.21. The fraction of sp³-hybridized carbons (Fsp3) is 1.00. The first-order valence-electron chi connectivity index (χ1n) is 3.57. The summed E-state index contributed by atoms with van der Waals surface area (Å²) in [6.07, 6.45) is 0.864. The average Bonchev–Trinajstić information content (AvgIpc) is 1.97. The molecule has 1 saturated heterocycles. The van der Waals surface area contributed by atoms with E-state index in [1.54, 1.807) is 0 Å². The van der Waals surface area contributed by atoms with Gasteiger partial charge in [0, 0.05) is 16.4 Å². The lowest BCUT2D eigenvalue weighted by atomic mass is 10.1. The van der Waals surface area contributed by atoms with Crippen molar-refractivity contribution in [3.05, 3.63) is 20.9 Å². The molecule has 1 heterocycles. The van der Waals surface area contributed by atoms with E-state index in [4.69, 9.17) is 15.8 Å². The second kappa shape index (κ2) is 4.46. The van der Waals surface area contributed by atoms with E-state index in [1.165, 1.54) is 0 Å². The van der Waals surface area contributed by atoms with Crippen molar-refractivity contribution in [2.75, 3.05) is 6.61 Å². The first kappa shape index (κ1) is 8.67. The predicted octanol–water partition coefficient (Wildman–Crippen LogP) is 2.11. The molecule has 1 unspecified atom stereocenters. The van der Waals surface area contributed by atoms with Gasteiger partial charge >= 0.3 is 0 Å². The lowest BCUT2D eigenvalue weighted by Crippen LogP contribution is -2.29. The lowest BCUT2D eigenvalue weighted by molar-refractivity contribution is -0.0572. The molecule has 0 aliphatic carbocycles. The number of hydrogen-bond donors (Lipinski definition) is 0. The Labute approximate surface area is 68.6 Å². The van der Waals surface area contributed by atoms with E-state index in [9.17, 15) is 0 Å². The standard InChI is InChI=1S/C5H8N6O/c6-10-8-5(9-11-7)3-4-1-2-12-4/h4-5H,1-3H2. The Morgan fingerprint density at radius 3 is 2.33 bits per heavy atom. The molecule has 1 fully saturated rings. The van der Waals surface area contributed by atoms with Gasteiger partial charge in [0.05, 0.1) is 6.10 Å². The average molecular weight is 168 g/mol. The summed E-state index contributed by atoms with van der Waals surface area (Å²) in [5, 5.41) is 6.63. The molecule has 0 N–H and O–H groups in total. The maximum absolute atomic E-state index is 8.10. The number of azide groups is 1. The van der Waals surface area contributed by atoms with Crippen molar-refractivity contribution in [2.45, 2.75) is 25.1 Å². The molecule has 0 radical (unpaired) electrons. The fourth-order valence-corrected chi connectivity index (χ4v) is 0.942. The van der Waals surface area contributed by atoms with Crippen molar-refractivity contribution < 1.29 is 4.74 Å². The molecular formula is C5H8N6O. The summed E-state index contributed by atoms with van der Waals surface area (Å²) in [6.45, 7) is 0.740. The minimum atomic E-state index is -0.648. The van der Waals surface area contributed by atoms with Crippen molar-refractivity contribution in [1.29, 1.82) is 0 Å². The molecule has 7 nitrogen and oxygen atoms in total. The van der Waals surface area contributed by atoms with Crippen LogP contribution in [0.15, 0.2) is 10.2 Å². The van der Waals surface area contributed by atoms with Crippen LogP contribution in [0.4, 0.5) is 0 Å². The smallest absolute Gasteiger partial charge is 0.118 e. The van der Waals surface area contributed by atoms with Gasteiger partial charge in [0.1, 0.15) is 6.17 Å². The topological polar surface area (TPSA) is 107 Å². The van der Waals surface area contributed by atoms with Crippen LogP contribution < -0.4 is 0 Å². The molecule has 1 rings (SSSR count). The molecule has 0 saturated carbocycles. The lowest BCUT2D eigenvalue weighted by Gasteiger charge is -2.27. The molecule has 0 aromatic heterocycles. The highest BCUT2D eigenvalue weighted by atomic mass is 16.5. The molecule has 12 heavy (non-hydrogen) atoms. The summed E-state index contributed by atoms with van der Waals surface area (Å²) < 4.78 is 5.09. The zero-order chi connectivity index (χ0) is 8.81. The van der Waals surface area contributed by atoms with Crippen molar-refractivity contribution in [3.63, 3.8) is 0 Å². The second-order valence-electron chi connectivity index (χ2n) is 2.41. The Hall–Kier alpha value is -1.42. The number of nitrogens with zero attached hydrogens (tertiary/aromatic N) is 6. The summed E-state index contributed by atoms with van der Waals surface area (Å²) in [5.41, 5.74) is 16.2. The van der Waals surface area contributed by atoms with Gasteiger partial charge in [-0.3, -0.25) is 0 Å². The summed E-state index contributed by atoms with van der Waals surface area (Å²) in [4.78, 5) is 5.14. The van der Waals surface area contributed by atoms with Crippen LogP contribution in [0.25, 0.3) is 20.9 Å². The Morgan fingerprint density at radius 2 is 2.00 bits per heavy atom. The minimum absolute atomic E-state index is 0.0889. The Balaban J connectivity index is 2.41. The number of hydrogen-bond acceptors (Lipinski definition) is 3. The molecule has 1 aliphatic heterocycles. The van der Waals surface area contributed by atoms with Gasteiger partial charge < -0.3 is 4.74 Å². The number of rotatable bonds is 4. The summed E-state index contributed by atoms with van der Waals surface area (Å²) in [7, 11) is 0. The van der Waals surface area contributed by atoms with Gasteiger partial charge in [-0.1, -0.05) is 10.2 Å². The van der Waals surface area contributed by atoms with Gasteiger partial charge in [0.15, 0.2) is 0 Å². The Bertz CT molecular complexity index is 218. The van der Waals surface area contributed by atoms with Crippen LogP contribution >= 0.6 is 0 Å². The second-order valence-corrected chi connectivity index (χ2v) is 2.41. The van der Waals surface area contributed by atoms with Crippen molar-refractivity contribution >= 4 is 0 Å². The van der Waals surface area contributed by atoms with Crippen molar-refractivity contribution in [3.8, 4) is 0 Å². The van der Waals surface area contributed by atoms with Gasteiger partial charge in [0.25, 0.3) is 0 Å². The van der Waals surface area contributed by atoms with Gasteiger partial charge in [-0.25, -0.2) is 0 Å². The molecule has 0 aromatic carbocycles. The summed E-state index contributed by atoms with van der Waals surface area (Å²) >= 11 is 0. The van der Waals surface area contributed by atoms with Gasteiger partial charge in [-0.05, 0) is 23.9 Å². The maximum Gasteiger partial charge on any atom is 0.118 e. The molecule has 7 heteroatoms. The molecular weight excluding hydrogens is 160 g/mol. The van der Waals surface area contributed by atoms with Crippen LogP contribution in [0.2, 0.25) is 0 Å². The highest BCUT2D eigenvalue weighted by molar-refractivity contribution is 4.75. The first-order chi connectivity index (χ1) is 5.86. The van der Waals surface area contributed by atoms with E-state index in [0.29, 0.717) is 6.42 Å². The van der Waals surface area contributed by atoms with Gasteiger partial charge in [-0.15, -0.1) is 0 Å². The monoisotopic (exact) mass is 168 g/mol. The van der Waals surface area contributed by atoms with E-state index in [2.05, 4.69) is 20.1 Å². The quantitative estimate of drug-likeness (QED) is 0.357. The Kier molecular flexibility index (Phi) is 3.22. The number of ether oxygens (including phenoxy) is 1. The highest BCUT2D eigenvalue weighted by Crippen LogP contribution is 2.18. The SMILES string of the molecule is [N-]=[N+]=NC(CC1CCO1)N=[N+]=[N-]. The third kappa shape index (κ3) is 2.32. The molecule has 0 amide bonds. The zero-order valence-corrected chi connectivity index (χ0v) is 6.37. The van der Waals surface area contributed by atoms with E-state index in [-0.39, 0.29) is 6.10 Å². The van der Waals surface area contributed by atoms with Crippen LogP contribution in [-0.4, -0.2) is 18.9 Å². The third-order valence-electron chi connectivity index (χ3n) is 1.64. The van der Waals surface area contributed by atoms with E-state index in [0.717, 1.165) is 13.0 Å². The largest absolute Gasteiger partial charge is 0.378 e. The summed E-state index contributed by atoms with van der Waals surface area (Å²) in [5.74, 6) is 0. The predicted molar refractivity (Wildman–Crippen MR) is 41.1 cm³/mol. The summed E-state index contributed by atoms with van der Waals surface area (Å²) in [6, 6.07) is 0. The van der Waals surface area contributed by atoms with Gasteiger partial charge in [-0.2, -0.15) is 0 Å². The normalized spacial score (nSPS) is 22.8. The minimum Gasteiger partial charge on any atom is -0.378 e. The zero-order valence-electron chi connectivity index (χ0n) is 6.37. The van der Waals surface area contributed by atoms with Crippen molar-refractivity contribution in [1.82, 2.24) is 0 Å². The van der Waals surface area contributed by atoms with E-state index in [1.807, 2.05) is 0 Å². The molecule has 64 valence electrons. The molecule has 1 aliphatic rings. The van der Waals surface area contributed by atoms with Gasteiger partial charge in [0.2, 0.25) is 0 Å². The van der Waals surface area contributed by atoms with Crippen LogP contribution in [-0.2, 0) is 4.74 Å². The molecule has 0 bridgehead atoms. The maximum atomic E-state index is 8.10. The Morgan fingerprint density at radius 1 is 1.42 bits per heavy atom. The van der Waals surface area contributed by atoms with Crippen LogP contribution in [0.1, 0.15) is 12.8 Å². The van der Waals surface area contributed by atoms with Crippen LogP contribution in [0.3, 0.4) is 0 Å². The van der Waals surface area contributed by atoms with Crippen molar-refractivity contribution in [2.24, 2.45) is 10.2 Å². The molecule has 0 aromatic rings. The van der Waals surface area contributed by atoms with E-state index >= 15 is 0 Å². The van der Waals surface area contributed by atoms with Crippen LogP contribution in [0.5, 0.6) is 0 Å². The molecule has 0 spiro atoms. The van der Waals surface area contributed by atoms with E-state index < -0.39 is 6.17 Å². The fourth-order valence-electron chi connectivity index (χ4n) is 0.942. The third-order valence-corrected chi connectivity index (χ3v) is 1.64. The first-order valence-corrected chi connectivity index (χ1v) is 3.57.